The van der Waals surface area contributed by atoms with E-state index in [0.29, 0.717) is 12.3 Å². The number of aliphatic hydroxyl groups excluding tert-OH is 1. The monoisotopic (exact) mass is 273 g/mol. The second-order valence-corrected chi connectivity index (χ2v) is 4.42. The Kier molecular flexibility index (Phi) is 4.98. The summed E-state index contributed by atoms with van der Waals surface area (Å²) < 4.78 is 11.0. The van der Waals surface area contributed by atoms with Gasteiger partial charge in [0, 0.05) is 6.54 Å². The minimum absolute atomic E-state index is 0.00692. The Hall–Kier alpha value is -2.04. The first-order valence-electron chi connectivity index (χ1n) is 6.47. The van der Waals surface area contributed by atoms with Crippen molar-refractivity contribution < 1.29 is 14.6 Å². The second kappa shape index (κ2) is 6.93. The van der Waals surface area contributed by atoms with E-state index in [1.54, 1.807) is 7.11 Å². The zero-order chi connectivity index (χ0) is 14.4. The molecular formula is C16H19NO3. The zero-order valence-corrected chi connectivity index (χ0v) is 11.5. The minimum Gasteiger partial charge on any atom is -0.497 e. The molecule has 0 aromatic heterocycles. The highest BCUT2D eigenvalue weighted by Gasteiger charge is 2.11. The van der Waals surface area contributed by atoms with Crippen LogP contribution >= 0.6 is 0 Å². The summed E-state index contributed by atoms with van der Waals surface area (Å²) in [5.41, 5.74) is 7.59. The molecule has 0 aliphatic rings. The average Bonchev–Trinajstić information content (AvgIpc) is 2.53. The summed E-state index contributed by atoms with van der Waals surface area (Å²) in [6, 6.07) is 15.0. The number of ether oxygens (including phenoxy) is 2. The lowest BCUT2D eigenvalue weighted by atomic mass is 10.1. The fourth-order valence-corrected chi connectivity index (χ4v) is 1.95. The molecule has 0 radical (unpaired) electrons. The zero-order valence-electron chi connectivity index (χ0n) is 11.5. The van der Waals surface area contributed by atoms with Gasteiger partial charge in [-0.1, -0.05) is 24.3 Å². The van der Waals surface area contributed by atoms with Gasteiger partial charge in [-0.25, -0.2) is 0 Å². The molecule has 2 aromatic carbocycles. The van der Waals surface area contributed by atoms with Gasteiger partial charge in [-0.3, -0.25) is 0 Å². The second-order valence-electron chi connectivity index (χ2n) is 4.42. The van der Waals surface area contributed by atoms with Gasteiger partial charge in [-0.15, -0.1) is 0 Å². The predicted octanol–water partition coefficient (Wildman–Crippen LogP) is 2.27. The Balaban J connectivity index is 2.14. The van der Waals surface area contributed by atoms with Crippen molar-refractivity contribution in [3.05, 3.63) is 59.7 Å². The molecule has 3 N–H and O–H groups in total. The van der Waals surface area contributed by atoms with Gasteiger partial charge in [0.05, 0.1) is 13.7 Å². The maximum absolute atomic E-state index is 9.13. The molecular weight excluding hydrogens is 254 g/mol. The number of hydrogen-bond donors (Lipinski definition) is 2. The van der Waals surface area contributed by atoms with Crippen molar-refractivity contribution >= 4 is 0 Å². The molecule has 0 aliphatic carbocycles. The summed E-state index contributed by atoms with van der Waals surface area (Å²) in [6.07, 6.45) is -0.227. The minimum atomic E-state index is -0.227. The molecule has 106 valence electrons. The van der Waals surface area contributed by atoms with Crippen LogP contribution in [0.1, 0.15) is 17.2 Å². The Morgan fingerprint density at radius 1 is 1.10 bits per heavy atom. The van der Waals surface area contributed by atoms with E-state index in [1.165, 1.54) is 0 Å². The SMILES string of the molecule is COc1ccc(C(CN)Oc2cccc(CO)c2)cc1. The normalized spacial score (nSPS) is 11.9. The van der Waals surface area contributed by atoms with E-state index in [2.05, 4.69) is 0 Å². The lowest BCUT2D eigenvalue weighted by Gasteiger charge is -2.18. The van der Waals surface area contributed by atoms with E-state index >= 15 is 0 Å². The van der Waals surface area contributed by atoms with E-state index in [1.807, 2.05) is 48.5 Å². The Morgan fingerprint density at radius 2 is 1.85 bits per heavy atom. The van der Waals surface area contributed by atoms with E-state index < -0.39 is 0 Å². The molecule has 2 rings (SSSR count). The summed E-state index contributed by atoms with van der Waals surface area (Å²) in [5.74, 6) is 1.50. The maximum Gasteiger partial charge on any atom is 0.136 e. The molecule has 1 unspecified atom stereocenters. The van der Waals surface area contributed by atoms with Crippen LogP contribution in [0, 0.1) is 0 Å². The van der Waals surface area contributed by atoms with E-state index in [0.717, 1.165) is 16.9 Å². The molecule has 0 bridgehead atoms. The van der Waals surface area contributed by atoms with Crippen LogP contribution in [0.2, 0.25) is 0 Å². The third-order valence-corrected chi connectivity index (χ3v) is 3.06. The van der Waals surface area contributed by atoms with Gasteiger partial charge >= 0.3 is 0 Å². The average molecular weight is 273 g/mol. The lowest BCUT2D eigenvalue weighted by Crippen LogP contribution is -2.18. The number of hydrogen-bond acceptors (Lipinski definition) is 4. The number of methoxy groups -OCH3 is 1. The molecule has 0 aliphatic heterocycles. The van der Waals surface area contributed by atoms with Gasteiger partial charge in [-0.2, -0.15) is 0 Å². The fraction of sp³-hybridized carbons (Fsp3) is 0.250. The molecule has 1 atom stereocenters. The lowest BCUT2D eigenvalue weighted by molar-refractivity contribution is 0.213. The smallest absolute Gasteiger partial charge is 0.136 e. The highest BCUT2D eigenvalue weighted by Crippen LogP contribution is 2.24. The summed E-state index contributed by atoms with van der Waals surface area (Å²) >= 11 is 0. The highest BCUT2D eigenvalue weighted by atomic mass is 16.5. The maximum atomic E-state index is 9.13. The van der Waals surface area contributed by atoms with Crippen LogP contribution in [0.3, 0.4) is 0 Å². The van der Waals surface area contributed by atoms with E-state index in [-0.39, 0.29) is 12.7 Å². The molecule has 0 fully saturated rings. The quantitative estimate of drug-likeness (QED) is 0.847. The van der Waals surface area contributed by atoms with Gasteiger partial charge in [-0.05, 0) is 35.4 Å². The molecule has 0 saturated carbocycles. The van der Waals surface area contributed by atoms with Crippen molar-refractivity contribution in [2.75, 3.05) is 13.7 Å². The summed E-state index contributed by atoms with van der Waals surface area (Å²) in [5, 5.41) is 9.13. The summed E-state index contributed by atoms with van der Waals surface area (Å²) in [4.78, 5) is 0. The molecule has 0 amide bonds. The summed E-state index contributed by atoms with van der Waals surface area (Å²) in [6.45, 7) is 0.364. The van der Waals surface area contributed by atoms with Crippen molar-refractivity contribution in [1.82, 2.24) is 0 Å². The molecule has 2 aromatic rings. The molecule has 0 spiro atoms. The fourth-order valence-electron chi connectivity index (χ4n) is 1.95. The van der Waals surface area contributed by atoms with E-state index in [4.69, 9.17) is 20.3 Å². The van der Waals surface area contributed by atoms with Crippen LogP contribution in [-0.2, 0) is 6.61 Å². The first-order valence-corrected chi connectivity index (χ1v) is 6.47. The number of benzene rings is 2. The third kappa shape index (κ3) is 3.50. The standard InChI is InChI=1S/C16H19NO3/c1-19-14-7-5-13(6-8-14)16(10-17)20-15-4-2-3-12(9-15)11-18/h2-9,16,18H,10-11,17H2,1H3. The van der Waals surface area contributed by atoms with Crippen molar-refractivity contribution in [3.63, 3.8) is 0 Å². The van der Waals surface area contributed by atoms with Crippen molar-refractivity contribution in [1.29, 1.82) is 0 Å². The topological polar surface area (TPSA) is 64.7 Å². The Morgan fingerprint density at radius 3 is 2.45 bits per heavy atom. The summed E-state index contributed by atoms with van der Waals surface area (Å²) in [7, 11) is 1.63. The van der Waals surface area contributed by atoms with Crippen molar-refractivity contribution in [3.8, 4) is 11.5 Å². The number of rotatable bonds is 6. The first-order chi connectivity index (χ1) is 9.76. The van der Waals surface area contributed by atoms with E-state index in [9.17, 15) is 0 Å². The largest absolute Gasteiger partial charge is 0.497 e. The van der Waals surface area contributed by atoms with Crippen LogP contribution in [0.5, 0.6) is 11.5 Å². The van der Waals surface area contributed by atoms with Crippen LogP contribution < -0.4 is 15.2 Å². The van der Waals surface area contributed by atoms with Gasteiger partial charge < -0.3 is 20.3 Å². The number of nitrogens with two attached hydrogens (primary N) is 1. The van der Waals surface area contributed by atoms with Gasteiger partial charge in [0.15, 0.2) is 0 Å². The van der Waals surface area contributed by atoms with Gasteiger partial charge in [0.2, 0.25) is 0 Å². The Bertz CT molecular complexity index is 540. The Labute approximate surface area is 118 Å². The van der Waals surface area contributed by atoms with Crippen LogP contribution in [-0.4, -0.2) is 18.8 Å². The van der Waals surface area contributed by atoms with Gasteiger partial charge in [0.25, 0.3) is 0 Å². The molecule has 4 nitrogen and oxygen atoms in total. The third-order valence-electron chi connectivity index (χ3n) is 3.06. The molecule has 0 heterocycles. The van der Waals surface area contributed by atoms with Crippen LogP contribution in [0.4, 0.5) is 0 Å². The van der Waals surface area contributed by atoms with Gasteiger partial charge in [0.1, 0.15) is 17.6 Å². The predicted molar refractivity (Wildman–Crippen MR) is 77.8 cm³/mol. The van der Waals surface area contributed by atoms with Crippen molar-refractivity contribution in [2.45, 2.75) is 12.7 Å². The van der Waals surface area contributed by atoms with Crippen molar-refractivity contribution in [2.24, 2.45) is 5.73 Å². The molecule has 20 heavy (non-hydrogen) atoms. The van der Waals surface area contributed by atoms with Crippen LogP contribution in [0.15, 0.2) is 48.5 Å². The first kappa shape index (κ1) is 14.4. The van der Waals surface area contributed by atoms with Crippen LogP contribution in [0.25, 0.3) is 0 Å². The molecule has 4 heteroatoms. The highest BCUT2D eigenvalue weighted by molar-refractivity contribution is 5.32. The molecule has 0 saturated heterocycles. The number of aliphatic hydroxyl groups is 1.